The Morgan fingerprint density at radius 3 is 2.43 bits per heavy atom. The van der Waals surface area contributed by atoms with Crippen LogP contribution in [-0.4, -0.2) is 68.2 Å². The highest BCUT2D eigenvalue weighted by atomic mass is 32.2. The van der Waals surface area contributed by atoms with Crippen molar-refractivity contribution in [2.24, 2.45) is 11.8 Å². The molecule has 0 amide bonds. The Balaban J connectivity index is 1.43. The monoisotopic (exact) mass is 553 g/mol. The Kier molecular flexibility index (Phi) is 8.05. The number of hydrogen-bond donors (Lipinski definition) is 1. The maximum Gasteiger partial charge on any atom is 0.402 e. The molecule has 1 aliphatic carbocycles. The highest BCUT2D eigenvalue weighted by Crippen LogP contribution is 2.40. The predicted octanol–water partition coefficient (Wildman–Crippen LogP) is 4.94. The standard InChI is InChI=1S/C25H33F6N3O2S/c1-2-21-15-20-14-18(4-3-11-33-12-8-22(9-13-33)25(29,30)31)5-6-19(20)7-10-23(21)16-34(17-24(26,27)28)37(35,36)32-23/h3-6,14,21-22,32H,2,7-13,15-17H2,1H3/b4-3+/t21?,23-/m0/s1. The third kappa shape index (κ3) is 6.69. The molecule has 1 aromatic rings. The lowest BCUT2D eigenvalue weighted by molar-refractivity contribution is -0.184. The Hall–Kier alpha value is -1.63. The van der Waals surface area contributed by atoms with Crippen LogP contribution >= 0.6 is 0 Å². The molecule has 1 aromatic carbocycles. The minimum Gasteiger partial charge on any atom is -0.300 e. The molecule has 2 saturated heterocycles. The van der Waals surface area contributed by atoms with Crippen LogP contribution in [0.25, 0.3) is 6.08 Å². The van der Waals surface area contributed by atoms with Gasteiger partial charge in [0.15, 0.2) is 0 Å². The molecule has 0 aromatic heterocycles. The van der Waals surface area contributed by atoms with E-state index in [4.69, 9.17) is 0 Å². The van der Waals surface area contributed by atoms with Crippen molar-refractivity contribution < 1.29 is 34.8 Å². The number of alkyl halides is 6. The third-order valence-corrected chi connectivity index (χ3v) is 9.62. The van der Waals surface area contributed by atoms with Gasteiger partial charge in [0.05, 0.1) is 11.5 Å². The average molecular weight is 554 g/mol. The summed E-state index contributed by atoms with van der Waals surface area (Å²) in [5.41, 5.74) is 2.07. The van der Waals surface area contributed by atoms with Gasteiger partial charge in [0, 0.05) is 13.1 Å². The van der Waals surface area contributed by atoms with Crippen LogP contribution < -0.4 is 4.72 Å². The molecular weight excluding hydrogens is 520 g/mol. The SMILES string of the molecule is CCC1Cc2cc(/C=C/CN3CCC(C(F)(F)F)CC3)ccc2CC[C@]12CN(CC(F)(F)F)S(=O)(=O)N2. The van der Waals surface area contributed by atoms with Crippen LogP contribution in [0.3, 0.4) is 0 Å². The number of halogens is 6. The maximum absolute atomic E-state index is 13.0. The van der Waals surface area contributed by atoms with Gasteiger partial charge < -0.3 is 0 Å². The lowest BCUT2D eigenvalue weighted by Crippen LogP contribution is -2.50. The van der Waals surface area contributed by atoms with Gasteiger partial charge in [0.2, 0.25) is 0 Å². The first-order valence-electron chi connectivity index (χ1n) is 12.6. The summed E-state index contributed by atoms with van der Waals surface area (Å²) < 4.78 is 106. The van der Waals surface area contributed by atoms with Crippen LogP contribution in [0.2, 0.25) is 0 Å². The number of rotatable bonds is 5. The lowest BCUT2D eigenvalue weighted by atomic mass is 9.78. The molecule has 2 heterocycles. The number of hydrogen-bond acceptors (Lipinski definition) is 3. The van der Waals surface area contributed by atoms with E-state index in [9.17, 15) is 34.8 Å². The molecule has 5 nitrogen and oxygen atoms in total. The Labute approximate surface area is 214 Å². The van der Waals surface area contributed by atoms with Crippen LogP contribution in [-0.2, 0) is 23.1 Å². The van der Waals surface area contributed by atoms with Gasteiger partial charge in [0.25, 0.3) is 10.2 Å². The number of likely N-dealkylation sites (tertiary alicyclic amines) is 1. The van der Waals surface area contributed by atoms with E-state index >= 15 is 0 Å². The van der Waals surface area contributed by atoms with Crippen LogP contribution in [0.5, 0.6) is 0 Å². The number of fused-ring (bicyclic) bond motifs is 1. The van der Waals surface area contributed by atoms with E-state index in [0.717, 1.165) is 16.7 Å². The van der Waals surface area contributed by atoms with E-state index in [1.54, 1.807) is 0 Å². The number of nitrogens with one attached hydrogen (secondary N) is 1. The summed E-state index contributed by atoms with van der Waals surface area (Å²) in [5, 5.41) is 0. The zero-order valence-corrected chi connectivity index (χ0v) is 21.5. The minimum atomic E-state index is -4.62. The molecular formula is C25H33F6N3O2S. The van der Waals surface area contributed by atoms with Crippen molar-refractivity contribution in [1.29, 1.82) is 0 Å². The van der Waals surface area contributed by atoms with E-state index in [1.165, 1.54) is 0 Å². The largest absolute Gasteiger partial charge is 0.402 e. The molecule has 4 rings (SSSR count). The van der Waals surface area contributed by atoms with Crippen molar-refractivity contribution in [3.05, 3.63) is 41.0 Å². The average Bonchev–Trinajstić information content (AvgIpc) is 2.95. The third-order valence-electron chi connectivity index (χ3n) is 8.02. The smallest absolute Gasteiger partial charge is 0.300 e. The molecule has 3 aliphatic rings. The molecule has 37 heavy (non-hydrogen) atoms. The zero-order valence-electron chi connectivity index (χ0n) is 20.7. The minimum absolute atomic E-state index is 0.112. The van der Waals surface area contributed by atoms with Crippen LogP contribution in [0.15, 0.2) is 24.3 Å². The zero-order chi connectivity index (χ0) is 27.1. The summed E-state index contributed by atoms with van der Waals surface area (Å²) in [6.45, 7) is 1.57. The fraction of sp³-hybridized carbons (Fsp3) is 0.680. The van der Waals surface area contributed by atoms with E-state index in [2.05, 4.69) is 4.72 Å². The van der Waals surface area contributed by atoms with Gasteiger partial charge in [-0.3, -0.25) is 4.90 Å². The highest BCUT2D eigenvalue weighted by molar-refractivity contribution is 7.87. The molecule has 0 radical (unpaired) electrons. The van der Waals surface area contributed by atoms with Gasteiger partial charge >= 0.3 is 12.4 Å². The van der Waals surface area contributed by atoms with Crippen molar-refractivity contribution in [3.8, 4) is 0 Å². The van der Waals surface area contributed by atoms with E-state index in [-0.39, 0.29) is 25.3 Å². The first kappa shape index (κ1) is 28.4. The fourth-order valence-corrected chi connectivity index (χ4v) is 7.65. The first-order chi connectivity index (χ1) is 17.2. The normalized spacial score (nSPS) is 28.1. The topological polar surface area (TPSA) is 52.7 Å². The summed E-state index contributed by atoms with van der Waals surface area (Å²) in [4.78, 5) is 2.00. The van der Waals surface area contributed by atoms with Gasteiger partial charge in [-0.05, 0) is 67.8 Å². The van der Waals surface area contributed by atoms with Crippen molar-refractivity contribution in [3.63, 3.8) is 0 Å². The second-order valence-corrected chi connectivity index (χ2v) is 12.2. The van der Waals surface area contributed by atoms with Crippen molar-refractivity contribution in [2.75, 3.05) is 32.7 Å². The van der Waals surface area contributed by atoms with E-state index < -0.39 is 40.6 Å². The maximum atomic E-state index is 13.0. The van der Waals surface area contributed by atoms with Crippen LogP contribution in [0, 0.1) is 11.8 Å². The summed E-state index contributed by atoms with van der Waals surface area (Å²) >= 11 is 0. The lowest BCUT2D eigenvalue weighted by Gasteiger charge is -2.34. The number of aryl methyl sites for hydroxylation is 1. The summed E-state index contributed by atoms with van der Waals surface area (Å²) in [5.74, 6) is -1.40. The van der Waals surface area contributed by atoms with Crippen molar-refractivity contribution >= 4 is 16.3 Å². The quantitative estimate of drug-likeness (QED) is 0.526. The second-order valence-electron chi connectivity index (χ2n) is 10.5. The Morgan fingerprint density at radius 1 is 1.11 bits per heavy atom. The highest BCUT2D eigenvalue weighted by Gasteiger charge is 2.53. The van der Waals surface area contributed by atoms with Gasteiger partial charge in [-0.15, -0.1) is 0 Å². The summed E-state index contributed by atoms with van der Waals surface area (Å²) in [7, 11) is -4.23. The van der Waals surface area contributed by atoms with Gasteiger partial charge in [-0.25, -0.2) is 0 Å². The molecule has 2 fully saturated rings. The van der Waals surface area contributed by atoms with Gasteiger partial charge in [-0.2, -0.15) is 43.8 Å². The molecule has 1 unspecified atom stereocenters. The molecule has 0 saturated carbocycles. The molecule has 0 bridgehead atoms. The predicted molar refractivity (Wildman–Crippen MR) is 129 cm³/mol. The molecule has 2 aliphatic heterocycles. The number of nitrogens with zero attached hydrogens (tertiary/aromatic N) is 2. The number of piperidine rings is 1. The first-order valence-corrected chi connectivity index (χ1v) is 14.1. The molecule has 208 valence electrons. The van der Waals surface area contributed by atoms with Crippen LogP contribution in [0.4, 0.5) is 26.3 Å². The van der Waals surface area contributed by atoms with Gasteiger partial charge in [0.1, 0.15) is 6.54 Å². The summed E-state index contributed by atoms with van der Waals surface area (Å²) in [6, 6.07) is 5.95. The van der Waals surface area contributed by atoms with Crippen molar-refractivity contribution in [2.45, 2.75) is 63.3 Å². The van der Waals surface area contributed by atoms with E-state index in [0.29, 0.717) is 49.6 Å². The van der Waals surface area contributed by atoms with Crippen molar-refractivity contribution in [1.82, 2.24) is 13.9 Å². The Morgan fingerprint density at radius 2 is 1.81 bits per heavy atom. The molecule has 12 heteroatoms. The van der Waals surface area contributed by atoms with Gasteiger partial charge in [-0.1, -0.05) is 43.7 Å². The Bertz CT molecular complexity index is 1100. The fourth-order valence-electron chi connectivity index (χ4n) is 5.96. The second kappa shape index (κ2) is 10.5. The summed E-state index contributed by atoms with van der Waals surface area (Å²) in [6.07, 6.45) is -2.55. The number of benzene rings is 1. The van der Waals surface area contributed by atoms with E-state index in [1.807, 2.05) is 42.2 Å². The van der Waals surface area contributed by atoms with Crippen LogP contribution in [0.1, 0.15) is 49.3 Å². The molecule has 2 atom stereocenters. The molecule has 1 spiro atoms. The molecule has 1 N–H and O–H groups in total.